The highest BCUT2D eigenvalue weighted by Gasteiger charge is 2.35. The van der Waals surface area contributed by atoms with E-state index in [2.05, 4.69) is 15.3 Å². The maximum absolute atomic E-state index is 12.9. The smallest absolute Gasteiger partial charge is 0.310 e. The number of aryl methyl sites for hydroxylation is 1. The van der Waals surface area contributed by atoms with E-state index in [-0.39, 0.29) is 28.9 Å². The predicted molar refractivity (Wildman–Crippen MR) is 112 cm³/mol. The first-order chi connectivity index (χ1) is 15.5. The highest BCUT2D eigenvalue weighted by molar-refractivity contribution is 6.22. The number of amides is 3. The average molecular weight is 454 g/mol. The van der Waals surface area contributed by atoms with Crippen molar-refractivity contribution in [2.24, 2.45) is 0 Å². The van der Waals surface area contributed by atoms with Crippen molar-refractivity contribution in [2.45, 2.75) is 19.5 Å². The van der Waals surface area contributed by atoms with E-state index in [0.29, 0.717) is 11.1 Å². The third-order valence-corrected chi connectivity index (χ3v) is 5.20. The number of benzene rings is 1. The third-order valence-electron chi connectivity index (χ3n) is 5.20. The molecule has 0 bridgehead atoms. The van der Waals surface area contributed by atoms with Crippen LogP contribution in [0.4, 0.5) is 19.0 Å². The summed E-state index contributed by atoms with van der Waals surface area (Å²) in [5.74, 6) is -1.15. The average Bonchev–Trinajstić information content (AvgIpc) is 2.97. The number of rotatable bonds is 4. The number of carbonyl (C=O) groups is 3. The van der Waals surface area contributed by atoms with Gasteiger partial charge < -0.3 is 5.32 Å². The molecule has 7 nitrogen and oxygen atoms in total. The molecule has 0 saturated heterocycles. The number of aromatic nitrogens is 2. The number of alkyl halides is 3. The lowest BCUT2D eigenvalue weighted by atomic mass is 9.97. The molecule has 4 rings (SSSR count). The van der Waals surface area contributed by atoms with Crippen LogP contribution in [0.3, 0.4) is 0 Å². The molecule has 3 amide bonds. The molecule has 1 aliphatic rings. The lowest BCUT2D eigenvalue weighted by molar-refractivity contribution is -0.137. The van der Waals surface area contributed by atoms with E-state index in [0.717, 1.165) is 22.7 Å². The maximum atomic E-state index is 12.9. The van der Waals surface area contributed by atoms with Gasteiger partial charge >= 0.3 is 6.18 Å². The summed E-state index contributed by atoms with van der Waals surface area (Å²) in [5, 5.41) is 2.60. The lowest BCUT2D eigenvalue weighted by Crippen LogP contribution is -2.24. The number of hydrogen-bond acceptors (Lipinski definition) is 5. The number of halogens is 3. The molecule has 0 radical (unpaired) electrons. The Morgan fingerprint density at radius 3 is 2.45 bits per heavy atom. The number of imide groups is 1. The summed E-state index contributed by atoms with van der Waals surface area (Å²) >= 11 is 0. The number of anilines is 1. The molecule has 0 unspecified atom stereocenters. The largest absolute Gasteiger partial charge is 0.417 e. The Hall–Kier alpha value is -4.08. The van der Waals surface area contributed by atoms with E-state index in [1.165, 1.54) is 31.6 Å². The summed E-state index contributed by atoms with van der Waals surface area (Å²) in [4.78, 5) is 46.0. The summed E-state index contributed by atoms with van der Waals surface area (Å²) in [7, 11) is 1.38. The molecule has 10 heteroatoms. The van der Waals surface area contributed by atoms with Gasteiger partial charge in [-0.3, -0.25) is 24.3 Å². The van der Waals surface area contributed by atoms with Gasteiger partial charge in [0.2, 0.25) is 5.91 Å². The summed E-state index contributed by atoms with van der Waals surface area (Å²) in [5.41, 5.74) is 1.41. The number of hydrogen-bond donors (Lipinski definition) is 1. The topological polar surface area (TPSA) is 92.3 Å². The van der Waals surface area contributed by atoms with Gasteiger partial charge in [-0.1, -0.05) is 6.07 Å². The minimum Gasteiger partial charge on any atom is -0.310 e. The Kier molecular flexibility index (Phi) is 5.44. The number of pyridine rings is 2. The Morgan fingerprint density at radius 1 is 1.03 bits per heavy atom. The van der Waals surface area contributed by atoms with Crippen LogP contribution in [0.25, 0.3) is 11.1 Å². The molecule has 2 aromatic heterocycles. The van der Waals surface area contributed by atoms with Gasteiger partial charge in [-0.2, -0.15) is 13.2 Å². The van der Waals surface area contributed by atoms with Crippen molar-refractivity contribution in [2.75, 3.05) is 12.4 Å². The number of fused-ring (bicyclic) bond motifs is 1. The van der Waals surface area contributed by atoms with Crippen LogP contribution in [0, 0.1) is 6.92 Å². The van der Waals surface area contributed by atoms with Crippen LogP contribution < -0.4 is 5.32 Å². The van der Waals surface area contributed by atoms with E-state index >= 15 is 0 Å². The van der Waals surface area contributed by atoms with Crippen LogP contribution in [0.1, 0.15) is 37.4 Å². The Labute approximate surface area is 186 Å². The quantitative estimate of drug-likeness (QED) is 0.604. The van der Waals surface area contributed by atoms with Crippen LogP contribution >= 0.6 is 0 Å². The van der Waals surface area contributed by atoms with Gasteiger partial charge in [0.05, 0.1) is 23.1 Å². The van der Waals surface area contributed by atoms with Gasteiger partial charge in [0.25, 0.3) is 11.8 Å². The molecule has 1 N–H and O–H groups in total. The summed E-state index contributed by atoms with van der Waals surface area (Å²) in [6.45, 7) is 1.76. The first kappa shape index (κ1) is 22.1. The van der Waals surface area contributed by atoms with E-state index in [4.69, 9.17) is 0 Å². The van der Waals surface area contributed by atoms with Gasteiger partial charge in [0, 0.05) is 36.8 Å². The zero-order valence-electron chi connectivity index (χ0n) is 17.5. The molecule has 1 aliphatic heterocycles. The molecule has 0 aliphatic carbocycles. The van der Waals surface area contributed by atoms with Crippen LogP contribution in [0.15, 0.2) is 48.9 Å². The second-order valence-corrected chi connectivity index (χ2v) is 7.63. The summed E-state index contributed by atoms with van der Waals surface area (Å²) < 4.78 is 38.7. The van der Waals surface area contributed by atoms with Crippen molar-refractivity contribution in [3.05, 3.63) is 76.7 Å². The number of carbonyl (C=O) groups excluding carboxylic acids is 3. The Morgan fingerprint density at radius 2 is 1.79 bits per heavy atom. The van der Waals surface area contributed by atoms with Crippen molar-refractivity contribution in [1.29, 1.82) is 0 Å². The SMILES string of the molecule is Cc1cc(CC(=O)Nc2ccc(-c3cncc(C(F)(F)F)c3)cn2)c2c(c1)C(=O)N(C)C2=O. The van der Waals surface area contributed by atoms with E-state index in [1.807, 2.05) is 0 Å². The van der Waals surface area contributed by atoms with Crippen molar-refractivity contribution < 1.29 is 27.6 Å². The van der Waals surface area contributed by atoms with Gasteiger partial charge in [-0.25, -0.2) is 4.98 Å². The van der Waals surface area contributed by atoms with Crippen molar-refractivity contribution >= 4 is 23.5 Å². The fourth-order valence-corrected chi connectivity index (χ4v) is 3.61. The molecule has 3 aromatic rings. The van der Waals surface area contributed by atoms with Crippen LogP contribution in [-0.4, -0.2) is 39.6 Å². The molecule has 1 aromatic carbocycles. The molecule has 0 spiro atoms. The third kappa shape index (κ3) is 4.32. The molecule has 168 valence electrons. The lowest BCUT2D eigenvalue weighted by Gasteiger charge is -2.10. The predicted octanol–water partition coefficient (Wildman–Crippen LogP) is 3.88. The Balaban J connectivity index is 1.51. The van der Waals surface area contributed by atoms with Crippen molar-refractivity contribution in [3.63, 3.8) is 0 Å². The van der Waals surface area contributed by atoms with Gasteiger partial charge in [0.15, 0.2) is 0 Å². The van der Waals surface area contributed by atoms with Crippen LogP contribution in [0.2, 0.25) is 0 Å². The van der Waals surface area contributed by atoms with Gasteiger partial charge in [-0.15, -0.1) is 0 Å². The summed E-state index contributed by atoms with van der Waals surface area (Å²) in [6.07, 6.45) is -1.31. The molecule has 33 heavy (non-hydrogen) atoms. The zero-order valence-corrected chi connectivity index (χ0v) is 17.5. The number of nitrogens with one attached hydrogen (secondary N) is 1. The second kappa shape index (κ2) is 8.12. The van der Waals surface area contributed by atoms with E-state index in [1.54, 1.807) is 19.1 Å². The molecule has 0 saturated carbocycles. The molecule has 0 fully saturated rings. The van der Waals surface area contributed by atoms with Gasteiger partial charge in [0.1, 0.15) is 5.82 Å². The minimum atomic E-state index is -4.51. The fraction of sp³-hybridized carbons (Fsp3) is 0.174. The van der Waals surface area contributed by atoms with Crippen molar-refractivity contribution in [3.8, 4) is 11.1 Å². The van der Waals surface area contributed by atoms with Crippen LogP contribution in [-0.2, 0) is 17.4 Å². The first-order valence-corrected chi connectivity index (χ1v) is 9.79. The number of nitrogens with zero attached hydrogens (tertiary/aromatic N) is 3. The molecule has 3 heterocycles. The molecular formula is C23H17F3N4O3. The normalized spacial score (nSPS) is 13.3. The first-order valence-electron chi connectivity index (χ1n) is 9.79. The van der Waals surface area contributed by atoms with Crippen molar-refractivity contribution in [1.82, 2.24) is 14.9 Å². The maximum Gasteiger partial charge on any atom is 0.417 e. The highest BCUT2D eigenvalue weighted by Crippen LogP contribution is 2.31. The molecular weight excluding hydrogens is 437 g/mol. The zero-order chi connectivity index (χ0) is 23.9. The van der Waals surface area contributed by atoms with E-state index in [9.17, 15) is 27.6 Å². The van der Waals surface area contributed by atoms with Gasteiger partial charge in [-0.05, 0) is 42.3 Å². The monoisotopic (exact) mass is 454 g/mol. The van der Waals surface area contributed by atoms with Crippen LogP contribution in [0.5, 0.6) is 0 Å². The minimum absolute atomic E-state index is 0.155. The fourth-order valence-electron chi connectivity index (χ4n) is 3.61. The molecule has 0 atom stereocenters. The Bertz CT molecular complexity index is 1290. The standard InChI is InChI=1S/C23H17F3N4O3/c1-12-5-14(20-17(6-12)21(32)30(2)22(20)33)8-19(31)29-18-4-3-13(10-28-18)15-7-16(11-27-9-15)23(24,25)26/h3-7,9-11H,8H2,1-2H3,(H,28,29,31). The summed E-state index contributed by atoms with van der Waals surface area (Å²) in [6, 6.07) is 7.23. The highest BCUT2D eigenvalue weighted by atomic mass is 19.4. The van der Waals surface area contributed by atoms with E-state index < -0.39 is 29.5 Å². The second-order valence-electron chi connectivity index (χ2n) is 7.63.